The summed E-state index contributed by atoms with van der Waals surface area (Å²) >= 11 is 0. The maximum atomic E-state index is 13.9. The van der Waals surface area contributed by atoms with E-state index in [0.29, 0.717) is 109 Å². The number of esters is 6. The van der Waals surface area contributed by atoms with Crippen LogP contribution in [0.4, 0.5) is 17.6 Å². The molecular weight excluding hydrogens is 1940 g/mol. The summed E-state index contributed by atoms with van der Waals surface area (Å²) in [4.78, 5) is 100. The van der Waals surface area contributed by atoms with Crippen LogP contribution in [0.25, 0.3) is 0 Å². The van der Waals surface area contributed by atoms with Gasteiger partial charge in [0.1, 0.15) is 23.4 Å². The molecule has 0 radical (unpaired) electrons. The average Bonchev–Trinajstić information content (AvgIpc) is 0.733. The van der Waals surface area contributed by atoms with E-state index in [-0.39, 0.29) is 76.3 Å². The zero-order valence-electron chi connectivity index (χ0n) is 80.8. The van der Waals surface area contributed by atoms with Crippen molar-refractivity contribution in [2.45, 2.75) is 396 Å². The van der Waals surface area contributed by atoms with Gasteiger partial charge in [0, 0.05) is 18.5 Å². The lowest BCUT2D eigenvalue weighted by Crippen LogP contribution is -2.58. The zero-order chi connectivity index (χ0) is 102. The van der Waals surface area contributed by atoms with Gasteiger partial charge in [-0.2, -0.15) is 59.7 Å². The van der Waals surface area contributed by atoms with Gasteiger partial charge in [-0.25, -0.2) is 28.8 Å². The Kier molecular flexibility index (Phi) is 35.5. The molecule has 5 N–H and O–H groups in total. The lowest BCUT2D eigenvalue weighted by atomic mass is 9.48. The van der Waals surface area contributed by atoms with Crippen LogP contribution in [0.3, 0.4) is 0 Å². The molecule has 786 valence electrons. The number of halogens is 4. The van der Waals surface area contributed by atoms with E-state index in [0.717, 1.165) is 253 Å². The number of ketones is 1. The quantitative estimate of drug-likeness (QED) is 0.0195. The predicted octanol–water partition coefficient (Wildman–Crippen LogP) is 20.8. The molecule has 1 amide bonds. The number of amides is 1. The van der Waals surface area contributed by atoms with Crippen molar-refractivity contribution in [1.82, 2.24) is 4.90 Å². The van der Waals surface area contributed by atoms with Gasteiger partial charge >= 0.3 is 72.5 Å². The fraction of sp³-hybridized carbons (Fsp3) is 0.745. The van der Waals surface area contributed by atoms with Crippen LogP contribution in [0.1, 0.15) is 397 Å². The number of nitrogens with zero attached hydrogens (tertiary/aromatic N) is 1. The fourth-order valence-electron chi connectivity index (χ4n) is 27.5. The topological polar surface area (TPSA) is 467 Å². The van der Waals surface area contributed by atoms with Crippen LogP contribution < -0.4 is 0 Å². The molecule has 0 aliphatic heterocycles. The van der Waals surface area contributed by atoms with E-state index in [9.17, 15) is 112 Å². The molecule has 12 bridgehead atoms. The van der Waals surface area contributed by atoms with Crippen molar-refractivity contribution in [3.8, 4) is 0 Å². The molecule has 0 heterocycles. The SMILES string of the molecule is CC1(OC(=O)c2cc(C(=O)OC3(C)C4CC5CC(C4)CC3C5)cc(S(=O)(=O)O)c2)C2CC3CC(C2)CC1C3.O=C(CCC12CC3CC(CC(C3)C1)C2)C(F)(F)S(=O)(=O)O.O=C(N(C1CCCCC1)C1CCCCC1)C(F)(F)S(=O)(=O)O.O=C(OC1CCCCC1)c1cc(C(=O)OC2CCCCC2)cc(S(=O)(=O)O)c1.O=C(OCCC1CCCCC1)c1cc(C(=O)OCCC2CCCCC2)cc(S(=O)(=O)O)c1. The van der Waals surface area contributed by atoms with E-state index >= 15 is 0 Å². The van der Waals surface area contributed by atoms with Crippen molar-refractivity contribution >= 4 is 98.1 Å². The first-order valence-electron chi connectivity index (χ1n) is 51.6. The minimum atomic E-state index is -5.75. The van der Waals surface area contributed by atoms with Gasteiger partial charge in [0.05, 0.1) is 61.3 Å². The largest absolute Gasteiger partial charge is 0.462 e. The summed E-state index contributed by atoms with van der Waals surface area (Å²) in [5, 5.41) is -9.43. The summed E-state index contributed by atoms with van der Waals surface area (Å²) in [6, 6.07) is 9.53. The highest BCUT2D eigenvalue weighted by Crippen LogP contribution is 2.64. The molecule has 18 aliphatic rings. The normalized spacial score (nSPS) is 29.2. The van der Waals surface area contributed by atoms with Crippen molar-refractivity contribution in [3.63, 3.8) is 0 Å². The molecule has 3 aromatic carbocycles. The van der Waals surface area contributed by atoms with Crippen molar-refractivity contribution in [3.05, 3.63) is 88.0 Å². The Morgan fingerprint density at radius 1 is 0.340 bits per heavy atom. The molecule has 3 aromatic rings. The minimum absolute atomic E-state index is 0.0441. The molecule has 0 atom stereocenters. The van der Waals surface area contributed by atoms with Crippen LogP contribution in [0, 0.1) is 82.3 Å². The standard InChI is InChI=1S/C30H38O7S.C24H34O7S.C20H26O7S.C14H23F2NO4S.C14H20F2O4S/c1-29(22-5-16-3-17(7-22)8-23(29)6-16)36-27(31)20-13-21(15-26(14-20)38(33,34)35)28(32)37-30(2)24-9-18-4-19(11-24)12-25(30)10-18;25-23(30-13-11-18-7-3-1-4-8-18)20-15-21(17-22(16-20)32(27,28)29)24(26)31-14-12-19-9-5-2-6-10-19;21-19(26-16-7-3-1-4-8-16)14-11-15(13-18(12-14)28(23,24)25)20(22)27-17-9-5-2-6-10-17;15-14(16,22(19,20)21)13(18)17(11-7-3-1-4-8-11)12-9-5-2-6-10-12;15-14(16,21(18,19)20)12(17)1-2-13-6-9-3-10(7-13)5-11(4-9)8-13/h13-19,22-25H,3-12H2,1-2H3,(H,33,34,35);15-19H,1-14H2,(H,27,28,29);11-13,16-17H,1-10H2,(H,23,24,25);11-12H,1-10H2,(H,19,20,21);9-11H,1-8H2,(H,18,19,20). The lowest BCUT2D eigenvalue weighted by molar-refractivity contribution is -0.165. The van der Waals surface area contributed by atoms with Crippen molar-refractivity contribution in [2.75, 3.05) is 13.2 Å². The van der Waals surface area contributed by atoms with Crippen LogP contribution in [-0.2, 0) is 88.6 Å². The van der Waals surface area contributed by atoms with E-state index in [4.69, 9.17) is 37.5 Å². The summed E-state index contributed by atoms with van der Waals surface area (Å²) in [6.07, 6.45) is 47.3. The first-order chi connectivity index (χ1) is 66.4. The third kappa shape index (κ3) is 27.5. The molecule has 141 heavy (non-hydrogen) atoms. The number of carbonyl (C=O) groups is 8. The fourth-order valence-corrected chi connectivity index (χ4v) is 29.8. The molecule has 0 saturated heterocycles. The molecule has 21 rings (SSSR count). The average molecular weight is 2080 g/mol. The predicted molar refractivity (Wildman–Crippen MR) is 506 cm³/mol. The van der Waals surface area contributed by atoms with Gasteiger partial charge in [0.15, 0.2) is 0 Å². The van der Waals surface area contributed by atoms with Crippen LogP contribution in [0.15, 0.2) is 69.3 Å². The molecule has 0 aromatic heterocycles. The molecule has 39 heteroatoms. The van der Waals surface area contributed by atoms with E-state index in [1.165, 1.54) is 88.8 Å². The molecule has 18 saturated carbocycles. The number of hydrogen-bond donors (Lipinski definition) is 5. The maximum Gasteiger partial charge on any atom is 0.446 e. The van der Waals surface area contributed by atoms with Crippen LogP contribution in [0.5, 0.6) is 0 Å². The highest BCUT2D eigenvalue weighted by molar-refractivity contribution is 7.88. The summed E-state index contributed by atoms with van der Waals surface area (Å²) in [5.41, 5.74) is -1.71. The van der Waals surface area contributed by atoms with Crippen molar-refractivity contribution < 1.29 is 149 Å². The second kappa shape index (κ2) is 45.7. The smallest absolute Gasteiger partial charge is 0.446 e. The van der Waals surface area contributed by atoms with Crippen molar-refractivity contribution in [2.24, 2.45) is 82.3 Å². The first-order valence-corrected chi connectivity index (χ1v) is 58.8. The summed E-state index contributed by atoms with van der Waals surface area (Å²) in [5.74, 6) is -0.542. The Labute approximate surface area is 826 Å². The second-order valence-corrected chi connectivity index (χ2v) is 51.4. The van der Waals surface area contributed by atoms with Gasteiger partial charge in [0.2, 0.25) is 5.78 Å². The first kappa shape index (κ1) is 110. The monoisotopic (exact) mass is 2080 g/mol. The highest BCUT2D eigenvalue weighted by Gasteiger charge is 2.61. The zero-order valence-corrected chi connectivity index (χ0v) is 84.9. The van der Waals surface area contributed by atoms with Crippen LogP contribution in [-0.4, -0.2) is 176 Å². The van der Waals surface area contributed by atoms with Gasteiger partial charge in [-0.1, -0.05) is 116 Å². The van der Waals surface area contributed by atoms with Crippen LogP contribution in [0.2, 0.25) is 0 Å². The van der Waals surface area contributed by atoms with Crippen LogP contribution >= 0.6 is 0 Å². The molecule has 18 fully saturated rings. The summed E-state index contributed by atoms with van der Waals surface area (Å²) < 4.78 is 248. The van der Waals surface area contributed by atoms with Gasteiger partial charge in [-0.3, -0.25) is 32.4 Å². The third-order valence-corrected chi connectivity index (χ3v) is 38.4. The van der Waals surface area contributed by atoms with E-state index in [1.807, 2.05) is 13.8 Å². The van der Waals surface area contributed by atoms with Gasteiger partial charge in [0.25, 0.3) is 30.4 Å². The van der Waals surface area contributed by atoms with E-state index < -0.39 is 141 Å². The summed E-state index contributed by atoms with van der Waals surface area (Å²) in [7, 11) is -25.3. The Bertz CT molecular complexity index is 5300. The maximum absolute atomic E-state index is 13.9. The van der Waals surface area contributed by atoms with Gasteiger partial charge in [-0.05, 0) is 350 Å². The molecule has 30 nitrogen and oxygen atoms in total. The molecule has 0 unspecified atom stereocenters. The molecule has 0 spiro atoms. The van der Waals surface area contributed by atoms with Gasteiger partial charge < -0.3 is 33.3 Å². The molecular formula is C102H141F4NO29S5. The summed E-state index contributed by atoms with van der Waals surface area (Å²) in [6.45, 7) is 4.52. The molecule has 18 aliphatic carbocycles. The second-order valence-electron chi connectivity index (χ2n) is 44.2. The Morgan fingerprint density at radius 3 is 0.887 bits per heavy atom. The Balaban J connectivity index is 0.000000143. The Hall–Kier alpha value is -7.11. The minimum Gasteiger partial charge on any atom is -0.462 e. The van der Waals surface area contributed by atoms with Gasteiger partial charge in [-0.15, -0.1) is 0 Å². The number of rotatable bonds is 28. The van der Waals surface area contributed by atoms with Crippen molar-refractivity contribution in [1.29, 1.82) is 0 Å². The van der Waals surface area contributed by atoms with E-state index in [1.54, 1.807) is 0 Å². The highest BCUT2D eigenvalue weighted by atomic mass is 32.2. The number of benzene rings is 3. The number of ether oxygens (including phenoxy) is 6. The number of alkyl halides is 4. The number of Topliss-reactive ketones (excluding diaryl/α,β-unsaturated/α-hetero) is 1. The number of hydrogen-bond acceptors (Lipinski definition) is 24. The number of carbonyl (C=O) groups excluding carboxylic acids is 8. The third-order valence-electron chi connectivity index (χ3n) is 34.2. The Morgan fingerprint density at radius 2 is 0.603 bits per heavy atom. The lowest BCUT2D eigenvalue weighted by Gasteiger charge is -2.59. The van der Waals surface area contributed by atoms with E-state index in [2.05, 4.69) is 0 Å².